The van der Waals surface area contributed by atoms with E-state index in [1.54, 1.807) is 4.90 Å². The van der Waals surface area contributed by atoms with Crippen molar-refractivity contribution in [1.29, 1.82) is 0 Å². The number of anilines is 2. The number of rotatable bonds is 1. The van der Waals surface area contributed by atoms with Gasteiger partial charge in [-0.3, -0.25) is 4.79 Å². The molecule has 3 rings (SSSR count). The number of fused-ring (bicyclic) bond motifs is 1. The van der Waals surface area contributed by atoms with E-state index < -0.39 is 0 Å². The number of carbonyl (C=O) groups excluding carboxylic acids is 1. The van der Waals surface area contributed by atoms with E-state index in [0.29, 0.717) is 6.04 Å². The Hall–Kier alpha value is -1.03. The Kier molecular flexibility index (Phi) is 3.29. The van der Waals surface area contributed by atoms with Crippen LogP contribution in [0.4, 0.5) is 11.4 Å². The molecule has 0 spiro atoms. The number of likely N-dealkylation sites (N-methyl/N-ethyl adjacent to an activating group) is 1. The molecule has 0 saturated heterocycles. The minimum atomic E-state index is -0.0603. The van der Waals surface area contributed by atoms with Gasteiger partial charge in [-0.25, -0.2) is 0 Å². The monoisotopic (exact) mass is 322 g/mol. The highest BCUT2D eigenvalue weighted by atomic mass is 79.9. The fraction of sp³-hybridized carbons (Fsp3) is 0.533. The number of benzene rings is 1. The van der Waals surface area contributed by atoms with Crippen molar-refractivity contribution in [3.63, 3.8) is 0 Å². The van der Waals surface area contributed by atoms with Gasteiger partial charge in [-0.05, 0) is 38.0 Å². The molecule has 2 aliphatic rings. The molecule has 0 radical (unpaired) electrons. The molecule has 1 saturated carbocycles. The van der Waals surface area contributed by atoms with Gasteiger partial charge in [0.05, 0.1) is 11.4 Å². The van der Waals surface area contributed by atoms with E-state index in [0.717, 1.165) is 10.2 Å². The Labute approximate surface area is 122 Å². The van der Waals surface area contributed by atoms with E-state index in [2.05, 4.69) is 26.9 Å². The summed E-state index contributed by atoms with van der Waals surface area (Å²) >= 11 is 3.55. The molecule has 1 heterocycles. The van der Waals surface area contributed by atoms with Gasteiger partial charge in [-0.2, -0.15) is 0 Å². The first kappa shape index (κ1) is 13.0. The molecule has 19 heavy (non-hydrogen) atoms. The molecule has 1 aliphatic heterocycles. The molecule has 1 unspecified atom stereocenters. The minimum Gasteiger partial charge on any atom is -0.355 e. The first-order valence-corrected chi connectivity index (χ1v) is 7.74. The largest absolute Gasteiger partial charge is 0.355 e. The van der Waals surface area contributed by atoms with Crippen LogP contribution in [0.3, 0.4) is 0 Å². The topological polar surface area (TPSA) is 23.6 Å². The molecule has 1 aliphatic carbocycles. The Bertz CT molecular complexity index is 511. The van der Waals surface area contributed by atoms with Crippen molar-refractivity contribution in [2.45, 2.75) is 44.7 Å². The molecule has 0 bridgehead atoms. The maximum atomic E-state index is 12.4. The molecular formula is C15H19BrN2O. The van der Waals surface area contributed by atoms with E-state index in [9.17, 15) is 4.79 Å². The number of hydrogen-bond acceptors (Lipinski definition) is 2. The quantitative estimate of drug-likeness (QED) is 0.789. The zero-order chi connectivity index (χ0) is 13.6. The minimum absolute atomic E-state index is 0.0603. The zero-order valence-corrected chi connectivity index (χ0v) is 13.0. The summed E-state index contributed by atoms with van der Waals surface area (Å²) < 4.78 is 1.07. The lowest BCUT2D eigenvalue weighted by Gasteiger charge is -2.43. The second-order valence-corrected chi connectivity index (χ2v) is 6.47. The first-order chi connectivity index (χ1) is 9.09. The third-order valence-electron chi connectivity index (χ3n) is 4.40. The van der Waals surface area contributed by atoms with Gasteiger partial charge in [-0.15, -0.1) is 0 Å². The van der Waals surface area contributed by atoms with Gasteiger partial charge in [-0.1, -0.05) is 28.8 Å². The number of carbonyl (C=O) groups is 1. The van der Waals surface area contributed by atoms with Gasteiger partial charge in [0.1, 0.15) is 6.04 Å². The highest BCUT2D eigenvalue weighted by Crippen LogP contribution is 2.41. The van der Waals surface area contributed by atoms with Gasteiger partial charge in [0, 0.05) is 17.6 Å². The molecule has 0 N–H and O–H groups in total. The summed E-state index contributed by atoms with van der Waals surface area (Å²) in [7, 11) is 1.87. The summed E-state index contributed by atoms with van der Waals surface area (Å²) in [6, 6.07) is 6.64. The van der Waals surface area contributed by atoms with Crippen LogP contribution in [0.15, 0.2) is 22.7 Å². The Morgan fingerprint density at radius 3 is 2.58 bits per heavy atom. The summed E-state index contributed by atoms with van der Waals surface area (Å²) in [6.45, 7) is 2.03. The third kappa shape index (κ3) is 2.06. The van der Waals surface area contributed by atoms with Crippen LogP contribution in [0.2, 0.25) is 0 Å². The number of halogens is 1. The number of nitrogens with zero attached hydrogens (tertiary/aromatic N) is 2. The smallest absolute Gasteiger partial charge is 0.249 e. The van der Waals surface area contributed by atoms with Crippen molar-refractivity contribution in [3.8, 4) is 0 Å². The van der Waals surface area contributed by atoms with E-state index in [1.807, 2.05) is 26.1 Å². The number of hydrogen-bond donors (Lipinski definition) is 0. The summed E-state index contributed by atoms with van der Waals surface area (Å²) in [5.41, 5.74) is 2.22. The zero-order valence-electron chi connectivity index (χ0n) is 11.4. The maximum absolute atomic E-state index is 12.4. The van der Waals surface area contributed by atoms with Crippen LogP contribution in [-0.2, 0) is 4.79 Å². The summed E-state index contributed by atoms with van der Waals surface area (Å²) in [5, 5.41) is 0. The molecule has 102 valence electrons. The van der Waals surface area contributed by atoms with Gasteiger partial charge in [0.25, 0.3) is 0 Å². The fourth-order valence-electron chi connectivity index (χ4n) is 3.41. The standard InChI is InChI=1S/C15H19BrN2O/c1-10-15(19)17(2)13-8-7-11(16)9-14(13)18(10)12-5-3-4-6-12/h7-10,12H,3-6H2,1-2H3. The average molecular weight is 323 g/mol. The molecule has 4 heteroatoms. The van der Waals surface area contributed by atoms with Crippen LogP contribution >= 0.6 is 15.9 Å². The summed E-state index contributed by atoms with van der Waals surface area (Å²) in [6.07, 6.45) is 4.96. The lowest BCUT2D eigenvalue weighted by molar-refractivity contribution is -0.119. The molecular weight excluding hydrogens is 304 g/mol. The molecule has 1 amide bonds. The average Bonchev–Trinajstić information content (AvgIpc) is 2.90. The molecule has 1 aromatic rings. The van der Waals surface area contributed by atoms with E-state index in [-0.39, 0.29) is 11.9 Å². The van der Waals surface area contributed by atoms with E-state index in [1.165, 1.54) is 31.4 Å². The highest BCUT2D eigenvalue weighted by molar-refractivity contribution is 9.10. The summed E-state index contributed by atoms with van der Waals surface area (Å²) in [4.78, 5) is 16.5. The fourth-order valence-corrected chi connectivity index (χ4v) is 3.76. The van der Waals surface area contributed by atoms with Gasteiger partial charge >= 0.3 is 0 Å². The van der Waals surface area contributed by atoms with Crippen molar-refractivity contribution in [3.05, 3.63) is 22.7 Å². The molecule has 1 aromatic carbocycles. The predicted molar refractivity (Wildman–Crippen MR) is 81.7 cm³/mol. The van der Waals surface area contributed by atoms with Crippen molar-refractivity contribution in [2.24, 2.45) is 0 Å². The van der Waals surface area contributed by atoms with Gasteiger partial charge in [0.2, 0.25) is 5.91 Å². The molecule has 1 fully saturated rings. The van der Waals surface area contributed by atoms with Crippen molar-refractivity contribution in [1.82, 2.24) is 0 Å². The SMILES string of the molecule is CC1C(=O)N(C)c2ccc(Br)cc2N1C1CCCC1. The molecule has 1 atom stereocenters. The maximum Gasteiger partial charge on any atom is 0.249 e. The predicted octanol–water partition coefficient (Wildman–Crippen LogP) is 3.56. The summed E-state index contributed by atoms with van der Waals surface area (Å²) in [5.74, 6) is 0.196. The first-order valence-electron chi connectivity index (χ1n) is 6.95. The van der Waals surface area contributed by atoms with Crippen LogP contribution in [-0.4, -0.2) is 25.0 Å². The van der Waals surface area contributed by atoms with Crippen LogP contribution in [0.25, 0.3) is 0 Å². The lowest BCUT2D eigenvalue weighted by atomic mass is 10.0. The van der Waals surface area contributed by atoms with Crippen molar-refractivity contribution < 1.29 is 4.79 Å². The van der Waals surface area contributed by atoms with Crippen LogP contribution in [0.5, 0.6) is 0 Å². The van der Waals surface area contributed by atoms with Crippen LogP contribution < -0.4 is 9.80 Å². The third-order valence-corrected chi connectivity index (χ3v) is 4.89. The second-order valence-electron chi connectivity index (χ2n) is 5.55. The lowest BCUT2D eigenvalue weighted by Crippen LogP contribution is -2.54. The van der Waals surface area contributed by atoms with Crippen LogP contribution in [0, 0.1) is 0 Å². The Morgan fingerprint density at radius 2 is 1.89 bits per heavy atom. The normalized spacial score (nSPS) is 23.9. The molecule has 0 aromatic heterocycles. The Balaban J connectivity index is 2.10. The molecule has 3 nitrogen and oxygen atoms in total. The van der Waals surface area contributed by atoms with Gasteiger partial charge < -0.3 is 9.80 Å². The highest BCUT2D eigenvalue weighted by Gasteiger charge is 2.38. The second kappa shape index (κ2) is 4.82. The Morgan fingerprint density at radius 1 is 1.21 bits per heavy atom. The van der Waals surface area contributed by atoms with Crippen molar-refractivity contribution in [2.75, 3.05) is 16.8 Å². The van der Waals surface area contributed by atoms with Crippen molar-refractivity contribution >= 4 is 33.2 Å². The van der Waals surface area contributed by atoms with E-state index >= 15 is 0 Å². The number of amides is 1. The van der Waals surface area contributed by atoms with Crippen LogP contribution in [0.1, 0.15) is 32.6 Å². The van der Waals surface area contributed by atoms with Gasteiger partial charge in [0.15, 0.2) is 0 Å². The van der Waals surface area contributed by atoms with E-state index in [4.69, 9.17) is 0 Å².